The van der Waals surface area contributed by atoms with Gasteiger partial charge in [0.2, 0.25) is 11.7 Å². The van der Waals surface area contributed by atoms with E-state index in [4.69, 9.17) is 9.47 Å². The van der Waals surface area contributed by atoms with Crippen molar-refractivity contribution in [1.82, 2.24) is 24.7 Å². The smallest absolute Gasteiger partial charge is 0.215 e. The Bertz CT molecular complexity index is 1480. The van der Waals surface area contributed by atoms with Gasteiger partial charge in [0, 0.05) is 53.9 Å². The molecular weight excluding hydrogens is 511 g/mol. The summed E-state index contributed by atoms with van der Waals surface area (Å²) in [7, 11) is 5.05. The minimum Gasteiger partial charge on any atom is -0.489 e. The highest BCUT2D eigenvalue weighted by Gasteiger charge is 2.34. The molecule has 0 saturated heterocycles. The van der Waals surface area contributed by atoms with E-state index in [1.807, 2.05) is 20.0 Å². The molecule has 0 aliphatic carbocycles. The molecule has 8 nitrogen and oxygen atoms in total. The van der Waals surface area contributed by atoms with Crippen LogP contribution in [0.3, 0.4) is 0 Å². The maximum Gasteiger partial charge on any atom is 0.215 e. The van der Waals surface area contributed by atoms with Crippen LogP contribution >= 0.6 is 0 Å². The number of hydrogen-bond donors (Lipinski definition) is 2. The third kappa shape index (κ3) is 5.33. The summed E-state index contributed by atoms with van der Waals surface area (Å²) >= 11 is 0. The van der Waals surface area contributed by atoms with Gasteiger partial charge >= 0.3 is 0 Å². The molecule has 39 heavy (non-hydrogen) atoms. The number of aromatic nitrogens is 4. The summed E-state index contributed by atoms with van der Waals surface area (Å²) in [6.07, 6.45) is 0.800. The summed E-state index contributed by atoms with van der Waals surface area (Å²) in [5.74, 6) is -1.98. The zero-order valence-electron chi connectivity index (χ0n) is 23.0. The van der Waals surface area contributed by atoms with E-state index in [2.05, 4.69) is 15.5 Å². The van der Waals surface area contributed by atoms with E-state index in [0.717, 1.165) is 22.8 Å². The number of aliphatic hydroxyl groups is 1. The summed E-state index contributed by atoms with van der Waals surface area (Å²) in [6, 6.07) is 6.02. The number of benzene rings is 1. The quantitative estimate of drug-likeness (QED) is 0.284. The van der Waals surface area contributed by atoms with Crippen molar-refractivity contribution in [2.24, 2.45) is 12.5 Å². The molecule has 210 valence electrons. The topological polar surface area (TPSA) is 85.8 Å². The van der Waals surface area contributed by atoms with Crippen LogP contribution in [0.25, 0.3) is 16.6 Å². The van der Waals surface area contributed by atoms with Crippen molar-refractivity contribution >= 4 is 5.52 Å². The molecule has 0 amide bonds. The van der Waals surface area contributed by atoms with Crippen LogP contribution in [0.5, 0.6) is 11.6 Å². The average molecular weight is 546 g/mol. The van der Waals surface area contributed by atoms with Gasteiger partial charge in [0.25, 0.3) is 0 Å². The lowest BCUT2D eigenvalue weighted by molar-refractivity contribution is 0.0266. The number of fused-ring (bicyclic) bond motifs is 1. The summed E-state index contributed by atoms with van der Waals surface area (Å²) in [4.78, 5) is 0. The summed E-state index contributed by atoms with van der Waals surface area (Å²) in [5.41, 5.74) is 3.27. The summed E-state index contributed by atoms with van der Waals surface area (Å²) < 4.78 is 57.7. The monoisotopic (exact) mass is 545 g/mol. The van der Waals surface area contributed by atoms with Crippen LogP contribution in [0.1, 0.15) is 42.5 Å². The van der Waals surface area contributed by atoms with Crippen LogP contribution in [0.15, 0.2) is 30.5 Å². The van der Waals surface area contributed by atoms with E-state index in [0.29, 0.717) is 34.8 Å². The summed E-state index contributed by atoms with van der Waals surface area (Å²) in [5, 5.41) is 22.7. The van der Waals surface area contributed by atoms with Crippen molar-refractivity contribution in [3.63, 3.8) is 0 Å². The second-order valence-corrected chi connectivity index (χ2v) is 10.2. The van der Waals surface area contributed by atoms with Crippen LogP contribution in [-0.4, -0.2) is 51.9 Å². The van der Waals surface area contributed by atoms with Crippen molar-refractivity contribution in [2.75, 3.05) is 27.4 Å². The van der Waals surface area contributed by atoms with Gasteiger partial charge in [-0.05, 0) is 37.7 Å². The van der Waals surface area contributed by atoms with Gasteiger partial charge in [0.15, 0.2) is 11.6 Å². The van der Waals surface area contributed by atoms with Crippen molar-refractivity contribution in [3.05, 3.63) is 64.6 Å². The molecule has 1 unspecified atom stereocenters. The molecule has 1 atom stereocenters. The SMILES string of the molecule is CNCc1cnn2c(OC)cc(-c3ccc(F)c(F)c3OCCc3c(C(O)C(C)(C)CF)nn(C)c3C)cc12. The van der Waals surface area contributed by atoms with E-state index in [9.17, 15) is 13.9 Å². The number of hydrogen-bond acceptors (Lipinski definition) is 6. The van der Waals surface area contributed by atoms with Crippen LogP contribution < -0.4 is 14.8 Å². The van der Waals surface area contributed by atoms with E-state index in [1.165, 1.54) is 13.2 Å². The number of rotatable bonds is 11. The third-order valence-electron chi connectivity index (χ3n) is 7.03. The second-order valence-electron chi connectivity index (χ2n) is 10.2. The highest BCUT2D eigenvalue weighted by Crippen LogP contribution is 2.38. The van der Waals surface area contributed by atoms with E-state index < -0.39 is 29.8 Å². The first-order chi connectivity index (χ1) is 18.5. The predicted molar refractivity (Wildman–Crippen MR) is 142 cm³/mol. The van der Waals surface area contributed by atoms with Gasteiger partial charge < -0.3 is 19.9 Å². The molecule has 3 aromatic heterocycles. The van der Waals surface area contributed by atoms with Gasteiger partial charge in [0.1, 0.15) is 6.10 Å². The summed E-state index contributed by atoms with van der Waals surface area (Å²) in [6.45, 7) is 4.83. The molecule has 4 rings (SSSR count). The molecule has 0 aliphatic heterocycles. The second kappa shape index (κ2) is 11.3. The van der Waals surface area contributed by atoms with Gasteiger partial charge in [0.05, 0.1) is 37.8 Å². The maximum absolute atomic E-state index is 15.1. The highest BCUT2D eigenvalue weighted by atomic mass is 19.2. The predicted octanol–water partition coefficient (Wildman–Crippen LogP) is 4.70. The molecule has 1 aromatic carbocycles. The molecule has 0 bridgehead atoms. The zero-order valence-corrected chi connectivity index (χ0v) is 23.0. The lowest BCUT2D eigenvalue weighted by Gasteiger charge is -2.26. The molecule has 0 fully saturated rings. The number of halogens is 3. The minimum atomic E-state index is -1.15. The zero-order chi connectivity index (χ0) is 28.5. The van der Waals surface area contributed by atoms with E-state index in [1.54, 1.807) is 42.4 Å². The minimum absolute atomic E-state index is 0.0350. The fraction of sp³-hybridized carbons (Fsp3) is 0.429. The van der Waals surface area contributed by atoms with Crippen molar-refractivity contribution in [3.8, 4) is 22.8 Å². The molecular formula is C28H34F3N5O3. The highest BCUT2D eigenvalue weighted by molar-refractivity contribution is 5.76. The van der Waals surface area contributed by atoms with Gasteiger partial charge in [-0.3, -0.25) is 9.07 Å². The molecule has 0 radical (unpaired) electrons. The molecule has 0 spiro atoms. The van der Waals surface area contributed by atoms with Gasteiger partial charge in [-0.25, -0.2) is 8.91 Å². The Balaban J connectivity index is 1.70. The van der Waals surface area contributed by atoms with Crippen molar-refractivity contribution in [1.29, 1.82) is 0 Å². The third-order valence-corrected chi connectivity index (χ3v) is 7.03. The maximum atomic E-state index is 15.1. The number of nitrogens with one attached hydrogen (secondary N) is 1. The Morgan fingerprint density at radius 1 is 1.21 bits per heavy atom. The fourth-order valence-electron chi connectivity index (χ4n) is 4.54. The van der Waals surface area contributed by atoms with E-state index in [-0.39, 0.29) is 18.8 Å². The van der Waals surface area contributed by atoms with Crippen LogP contribution in [0.2, 0.25) is 0 Å². The molecule has 4 aromatic rings. The average Bonchev–Trinajstić information content (AvgIpc) is 3.45. The number of nitrogens with zero attached hydrogens (tertiary/aromatic N) is 4. The molecule has 11 heteroatoms. The lowest BCUT2D eigenvalue weighted by Crippen LogP contribution is -2.25. The lowest BCUT2D eigenvalue weighted by atomic mass is 9.84. The number of aliphatic hydroxyl groups excluding tert-OH is 1. The first-order valence-electron chi connectivity index (χ1n) is 12.6. The normalized spacial score (nSPS) is 12.8. The molecule has 3 heterocycles. The number of pyridine rings is 1. The Kier molecular flexibility index (Phi) is 8.22. The Labute approximate surface area is 225 Å². The van der Waals surface area contributed by atoms with Crippen LogP contribution in [0.4, 0.5) is 13.2 Å². The number of ether oxygens (including phenoxy) is 2. The molecule has 0 saturated carbocycles. The fourth-order valence-corrected chi connectivity index (χ4v) is 4.54. The van der Waals surface area contributed by atoms with Gasteiger partial charge in [-0.1, -0.05) is 13.8 Å². The number of methoxy groups -OCH3 is 1. The Morgan fingerprint density at radius 3 is 2.62 bits per heavy atom. The number of alkyl halides is 1. The van der Waals surface area contributed by atoms with E-state index >= 15 is 4.39 Å². The molecule has 0 aliphatic rings. The largest absolute Gasteiger partial charge is 0.489 e. The van der Waals surface area contributed by atoms with Crippen LogP contribution in [-0.2, 0) is 20.0 Å². The van der Waals surface area contributed by atoms with Crippen molar-refractivity contribution < 1.29 is 27.8 Å². The van der Waals surface area contributed by atoms with Crippen molar-refractivity contribution in [2.45, 2.75) is 39.8 Å². The first kappa shape index (κ1) is 28.4. The first-order valence-corrected chi connectivity index (χ1v) is 12.6. The Hall–Kier alpha value is -3.57. The van der Waals surface area contributed by atoms with Gasteiger partial charge in [-0.2, -0.15) is 14.6 Å². The standard InChI is InChI=1S/C28H34F3N5O3/c1-16-19(25(34-35(16)5)27(37)28(2,3)15-29)9-10-39-26-20(7-8-21(30)24(26)31)17-11-22-18(13-32-4)14-33-36(22)23(12-17)38-6/h7-8,11-12,14,27,32,37H,9-10,13,15H2,1-6H3. The Morgan fingerprint density at radius 2 is 1.95 bits per heavy atom. The number of aryl methyl sites for hydroxylation is 1. The van der Waals surface area contributed by atoms with Gasteiger partial charge in [-0.15, -0.1) is 0 Å². The molecule has 2 N–H and O–H groups in total. The van der Waals surface area contributed by atoms with Crippen LogP contribution in [0, 0.1) is 24.0 Å².